The minimum absolute atomic E-state index is 0.00261. The Labute approximate surface area is 173 Å². The van der Waals surface area contributed by atoms with E-state index in [0.717, 1.165) is 11.1 Å². The zero-order chi connectivity index (χ0) is 22.5. The molecule has 160 valence electrons. The second-order valence-electron chi connectivity index (χ2n) is 6.56. The molecule has 2 aromatic rings. The summed E-state index contributed by atoms with van der Waals surface area (Å²) in [7, 11) is -3.93. The summed E-state index contributed by atoms with van der Waals surface area (Å²) in [5.74, 6) is -1.77. The van der Waals surface area contributed by atoms with Gasteiger partial charge in [-0.05, 0) is 55.7 Å². The number of sulfonamides is 1. The lowest BCUT2D eigenvalue weighted by atomic mass is 10.1. The van der Waals surface area contributed by atoms with Gasteiger partial charge in [-0.2, -0.15) is 4.72 Å². The first-order valence-electron chi connectivity index (χ1n) is 8.77. The molecule has 0 aliphatic heterocycles. The summed E-state index contributed by atoms with van der Waals surface area (Å²) >= 11 is 0. The summed E-state index contributed by atoms with van der Waals surface area (Å²) in [5.41, 5.74) is 2.01. The van der Waals surface area contributed by atoms with Crippen molar-refractivity contribution in [3.8, 4) is 0 Å². The quantitative estimate of drug-likeness (QED) is 0.366. The fourth-order valence-corrected chi connectivity index (χ4v) is 3.45. The molecule has 0 aromatic heterocycles. The Hall–Kier alpha value is -3.31. The monoisotopic (exact) mass is 435 g/mol. The number of benzene rings is 2. The van der Waals surface area contributed by atoms with E-state index in [4.69, 9.17) is 4.74 Å². The molecule has 2 rings (SSSR count). The number of carbonyl (C=O) groups is 2. The molecule has 0 saturated heterocycles. The molecule has 0 bridgehead atoms. The summed E-state index contributed by atoms with van der Waals surface area (Å²) in [6.07, 6.45) is 0. The number of esters is 1. The first-order valence-corrected chi connectivity index (χ1v) is 10.3. The van der Waals surface area contributed by atoms with Crippen LogP contribution in [0.25, 0.3) is 0 Å². The van der Waals surface area contributed by atoms with Crippen LogP contribution >= 0.6 is 0 Å². The van der Waals surface area contributed by atoms with Crippen LogP contribution in [0.3, 0.4) is 0 Å². The number of carbonyl (C=O) groups excluding carboxylic acids is 2. The second-order valence-corrected chi connectivity index (χ2v) is 8.32. The average Bonchev–Trinajstić information content (AvgIpc) is 2.68. The highest BCUT2D eigenvalue weighted by atomic mass is 32.2. The number of ether oxygens (including phenoxy) is 1. The van der Waals surface area contributed by atoms with Crippen LogP contribution in [0, 0.1) is 30.9 Å². The van der Waals surface area contributed by atoms with Crippen molar-refractivity contribution in [2.75, 3.05) is 18.5 Å². The molecule has 0 unspecified atom stereocenters. The molecule has 10 nitrogen and oxygen atoms in total. The van der Waals surface area contributed by atoms with Crippen LogP contribution in [0.4, 0.5) is 11.4 Å². The number of aryl methyl sites for hydroxylation is 3. The Morgan fingerprint density at radius 3 is 2.40 bits per heavy atom. The number of hydrogen-bond donors (Lipinski definition) is 2. The number of amides is 1. The minimum Gasteiger partial charge on any atom is -0.455 e. The lowest BCUT2D eigenvalue weighted by Gasteiger charge is -2.09. The average molecular weight is 435 g/mol. The van der Waals surface area contributed by atoms with Crippen molar-refractivity contribution in [3.05, 3.63) is 63.2 Å². The summed E-state index contributed by atoms with van der Waals surface area (Å²) in [6.45, 7) is 3.87. The van der Waals surface area contributed by atoms with Crippen molar-refractivity contribution in [3.63, 3.8) is 0 Å². The van der Waals surface area contributed by atoms with Gasteiger partial charge in [-0.15, -0.1) is 0 Å². The molecule has 2 N–H and O–H groups in total. The molecule has 0 saturated carbocycles. The lowest BCUT2D eigenvalue weighted by molar-refractivity contribution is -0.384. The number of hydrogen-bond acceptors (Lipinski definition) is 7. The van der Waals surface area contributed by atoms with Crippen LogP contribution in [0.1, 0.15) is 16.7 Å². The van der Waals surface area contributed by atoms with Gasteiger partial charge in [-0.3, -0.25) is 19.7 Å². The largest absolute Gasteiger partial charge is 0.455 e. The third-order valence-corrected chi connectivity index (χ3v) is 5.58. The molecular weight excluding hydrogens is 414 g/mol. The molecule has 0 atom stereocenters. The van der Waals surface area contributed by atoms with Crippen molar-refractivity contribution in [2.24, 2.45) is 0 Å². The highest BCUT2D eigenvalue weighted by Gasteiger charge is 2.19. The van der Waals surface area contributed by atoms with Crippen LogP contribution in [0.2, 0.25) is 0 Å². The van der Waals surface area contributed by atoms with Crippen LogP contribution < -0.4 is 10.0 Å². The van der Waals surface area contributed by atoms with E-state index >= 15 is 0 Å². The maximum absolute atomic E-state index is 12.2. The molecule has 0 heterocycles. The lowest BCUT2D eigenvalue weighted by Crippen LogP contribution is -2.32. The zero-order valence-corrected chi connectivity index (χ0v) is 17.4. The number of nitro benzene ring substituents is 1. The van der Waals surface area contributed by atoms with E-state index in [9.17, 15) is 28.1 Å². The van der Waals surface area contributed by atoms with Gasteiger partial charge in [0.15, 0.2) is 6.61 Å². The van der Waals surface area contributed by atoms with Crippen molar-refractivity contribution in [1.29, 1.82) is 0 Å². The van der Waals surface area contributed by atoms with Gasteiger partial charge in [0.05, 0.1) is 9.82 Å². The minimum atomic E-state index is -3.93. The normalized spacial score (nSPS) is 11.0. The van der Waals surface area contributed by atoms with Crippen molar-refractivity contribution >= 4 is 33.3 Å². The van der Waals surface area contributed by atoms with E-state index in [0.29, 0.717) is 5.56 Å². The van der Waals surface area contributed by atoms with E-state index in [1.165, 1.54) is 24.3 Å². The van der Waals surface area contributed by atoms with E-state index in [1.807, 2.05) is 6.92 Å². The molecule has 0 spiro atoms. The zero-order valence-electron chi connectivity index (χ0n) is 16.6. The Morgan fingerprint density at radius 1 is 1.07 bits per heavy atom. The summed E-state index contributed by atoms with van der Waals surface area (Å²) in [6, 6.07) is 8.78. The molecule has 0 aliphatic carbocycles. The third-order valence-electron chi connectivity index (χ3n) is 4.18. The maximum atomic E-state index is 12.2. The fourth-order valence-electron chi connectivity index (χ4n) is 2.40. The molecule has 0 radical (unpaired) electrons. The van der Waals surface area contributed by atoms with Gasteiger partial charge in [0.25, 0.3) is 11.6 Å². The molecule has 0 aliphatic rings. The van der Waals surface area contributed by atoms with Crippen molar-refractivity contribution < 1.29 is 27.7 Å². The third kappa shape index (κ3) is 6.09. The number of nitro groups is 1. The van der Waals surface area contributed by atoms with E-state index in [-0.39, 0.29) is 16.3 Å². The number of anilines is 1. The summed E-state index contributed by atoms with van der Waals surface area (Å²) in [5, 5.41) is 13.3. The van der Waals surface area contributed by atoms with E-state index in [2.05, 4.69) is 10.0 Å². The van der Waals surface area contributed by atoms with Gasteiger partial charge in [0.1, 0.15) is 12.2 Å². The first kappa shape index (κ1) is 23.0. The Kier molecular flexibility index (Phi) is 7.24. The molecule has 11 heteroatoms. The molecule has 30 heavy (non-hydrogen) atoms. The van der Waals surface area contributed by atoms with Crippen molar-refractivity contribution in [1.82, 2.24) is 4.72 Å². The predicted molar refractivity (Wildman–Crippen MR) is 109 cm³/mol. The van der Waals surface area contributed by atoms with Gasteiger partial charge in [-0.25, -0.2) is 8.42 Å². The van der Waals surface area contributed by atoms with Gasteiger partial charge in [0, 0.05) is 6.07 Å². The van der Waals surface area contributed by atoms with Gasteiger partial charge >= 0.3 is 5.97 Å². The SMILES string of the molecule is Cc1ccc(NC(=O)COC(=O)CNS(=O)(=O)c2ccc(C)c(C)c2)c([N+](=O)[O-])c1. The summed E-state index contributed by atoms with van der Waals surface area (Å²) in [4.78, 5) is 34.1. The van der Waals surface area contributed by atoms with E-state index < -0.39 is 40.0 Å². The number of nitrogens with zero attached hydrogens (tertiary/aromatic N) is 1. The predicted octanol–water partition coefficient (Wildman–Crippen LogP) is 1.98. The van der Waals surface area contributed by atoms with Crippen LogP contribution in [0.5, 0.6) is 0 Å². The highest BCUT2D eigenvalue weighted by molar-refractivity contribution is 7.89. The standard InChI is InChI=1S/C19H21N3O7S/c1-12-4-7-16(17(8-12)22(25)26)21-18(23)11-29-19(24)10-20-30(27,28)15-6-5-13(2)14(3)9-15/h4-9,20H,10-11H2,1-3H3,(H,21,23). The molecular formula is C19H21N3O7S. The topological polar surface area (TPSA) is 145 Å². The maximum Gasteiger partial charge on any atom is 0.321 e. The van der Waals surface area contributed by atoms with Gasteiger partial charge in [-0.1, -0.05) is 12.1 Å². The molecule has 1 amide bonds. The number of nitrogens with one attached hydrogen (secondary N) is 2. The van der Waals surface area contributed by atoms with Gasteiger partial charge in [0.2, 0.25) is 10.0 Å². The van der Waals surface area contributed by atoms with Crippen LogP contribution in [0.15, 0.2) is 41.3 Å². The van der Waals surface area contributed by atoms with Crippen LogP contribution in [-0.4, -0.2) is 38.4 Å². The Balaban J connectivity index is 1.89. The highest BCUT2D eigenvalue weighted by Crippen LogP contribution is 2.25. The molecule has 0 fully saturated rings. The fraction of sp³-hybridized carbons (Fsp3) is 0.263. The summed E-state index contributed by atoms with van der Waals surface area (Å²) < 4.78 is 31.3. The van der Waals surface area contributed by atoms with Gasteiger partial charge < -0.3 is 10.1 Å². The van der Waals surface area contributed by atoms with E-state index in [1.54, 1.807) is 26.0 Å². The first-order chi connectivity index (χ1) is 14.0. The number of rotatable bonds is 8. The smallest absolute Gasteiger partial charge is 0.321 e. The van der Waals surface area contributed by atoms with Crippen LogP contribution in [-0.2, 0) is 24.3 Å². The Morgan fingerprint density at radius 2 is 1.77 bits per heavy atom. The van der Waals surface area contributed by atoms with Crippen molar-refractivity contribution in [2.45, 2.75) is 25.7 Å². The second kappa shape index (κ2) is 9.46. The Bertz CT molecular complexity index is 1100. The molecule has 2 aromatic carbocycles.